The Kier molecular flexibility index (Phi) is 3.43. The van der Waals surface area contributed by atoms with Gasteiger partial charge in [0.15, 0.2) is 0 Å². The summed E-state index contributed by atoms with van der Waals surface area (Å²) < 4.78 is 42.1. The van der Waals surface area contributed by atoms with Crippen molar-refractivity contribution in [2.45, 2.75) is 18.6 Å². The van der Waals surface area contributed by atoms with Crippen LogP contribution in [0.15, 0.2) is 47.3 Å². The van der Waals surface area contributed by atoms with E-state index >= 15 is 0 Å². The Balaban J connectivity index is 2.10. The molecule has 0 bridgehead atoms. The van der Waals surface area contributed by atoms with Crippen LogP contribution in [0.3, 0.4) is 0 Å². The molecule has 18 heavy (non-hydrogen) atoms. The lowest BCUT2D eigenvalue weighted by Crippen LogP contribution is -2.13. The van der Waals surface area contributed by atoms with E-state index in [1.165, 1.54) is 18.4 Å². The second kappa shape index (κ2) is 4.86. The van der Waals surface area contributed by atoms with Crippen molar-refractivity contribution in [3.8, 4) is 0 Å². The fourth-order valence-corrected chi connectivity index (χ4v) is 1.70. The maximum Gasteiger partial charge on any atom is 0.416 e. The lowest BCUT2D eigenvalue weighted by atomic mass is 10.0. The van der Waals surface area contributed by atoms with Crippen LogP contribution in [0.25, 0.3) is 0 Å². The van der Waals surface area contributed by atoms with Crippen LogP contribution in [-0.4, -0.2) is 0 Å². The first-order chi connectivity index (χ1) is 8.47. The maximum absolute atomic E-state index is 12.4. The van der Waals surface area contributed by atoms with Crippen LogP contribution in [0.5, 0.6) is 0 Å². The number of halogens is 3. The second-order valence-electron chi connectivity index (χ2n) is 4.06. The number of furan rings is 1. The molecule has 0 aliphatic carbocycles. The highest BCUT2D eigenvalue weighted by molar-refractivity contribution is 5.27. The standard InChI is InChI=1S/C13H12F3NO/c14-13(15,16)11-3-1-10(2-4-11)12(17)7-9-5-6-18-8-9/h1-6,8,12H,7,17H2. The third kappa shape index (κ3) is 2.92. The number of hydrogen-bond acceptors (Lipinski definition) is 2. The molecule has 0 fully saturated rings. The van der Waals surface area contributed by atoms with E-state index in [-0.39, 0.29) is 6.04 Å². The summed E-state index contributed by atoms with van der Waals surface area (Å²) in [6.07, 6.45) is -0.673. The van der Waals surface area contributed by atoms with E-state index < -0.39 is 11.7 Å². The summed E-state index contributed by atoms with van der Waals surface area (Å²) in [5.41, 5.74) is 6.85. The fourth-order valence-electron chi connectivity index (χ4n) is 1.70. The molecule has 0 amide bonds. The molecule has 0 spiro atoms. The minimum absolute atomic E-state index is 0.343. The largest absolute Gasteiger partial charge is 0.472 e. The van der Waals surface area contributed by atoms with Gasteiger partial charge in [-0.3, -0.25) is 0 Å². The van der Waals surface area contributed by atoms with Crippen molar-refractivity contribution in [2.75, 3.05) is 0 Å². The Morgan fingerprint density at radius 3 is 2.28 bits per heavy atom. The molecular formula is C13H12F3NO. The van der Waals surface area contributed by atoms with E-state index in [1.807, 2.05) is 0 Å². The zero-order chi connectivity index (χ0) is 13.2. The van der Waals surface area contributed by atoms with E-state index in [0.29, 0.717) is 12.0 Å². The molecule has 1 atom stereocenters. The number of benzene rings is 1. The molecule has 1 unspecified atom stereocenters. The summed E-state index contributed by atoms with van der Waals surface area (Å²) in [6, 6.07) is 6.35. The fraction of sp³-hybridized carbons (Fsp3) is 0.231. The molecule has 2 N–H and O–H groups in total. The van der Waals surface area contributed by atoms with Gasteiger partial charge in [0.2, 0.25) is 0 Å². The molecule has 0 radical (unpaired) electrons. The van der Waals surface area contributed by atoms with E-state index in [1.54, 1.807) is 12.3 Å². The first-order valence-corrected chi connectivity index (χ1v) is 5.40. The highest BCUT2D eigenvalue weighted by Crippen LogP contribution is 2.30. The van der Waals surface area contributed by atoms with Crippen LogP contribution in [0.2, 0.25) is 0 Å². The number of rotatable bonds is 3. The van der Waals surface area contributed by atoms with Gasteiger partial charge in [-0.1, -0.05) is 12.1 Å². The predicted molar refractivity (Wildman–Crippen MR) is 60.8 cm³/mol. The van der Waals surface area contributed by atoms with Gasteiger partial charge in [0.1, 0.15) is 0 Å². The molecule has 2 nitrogen and oxygen atoms in total. The van der Waals surface area contributed by atoms with E-state index in [9.17, 15) is 13.2 Å². The van der Waals surface area contributed by atoms with Crippen LogP contribution in [0.4, 0.5) is 13.2 Å². The topological polar surface area (TPSA) is 39.2 Å². The Morgan fingerprint density at radius 1 is 1.11 bits per heavy atom. The van der Waals surface area contributed by atoms with Gasteiger partial charge in [0.05, 0.1) is 18.1 Å². The van der Waals surface area contributed by atoms with Crippen molar-refractivity contribution < 1.29 is 17.6 Å². The third-order valence-electron chi connectivity index (χ3n) is 2.70. The second-order valence-corrected chi connectivity index (χ2v) is 4.06. The minimum atomic E-state index is -4.31. The lowest BCUT2D eigenvalue weighted by molar-refractivity contribution is -0.137. The van der Waals surface area contributed by atoms with Gasteiger partial charge in [-0.05, 0) is 35.7 Å². The molecular weight excluding hydrogens is 243 g/mol. The number of nitrogens with two attached hydrogens (primary N) is 1. The van der Waals surface area contributed by atoms with Crippen molar-refractivity contribution >= 4 is 0 Å². The van der Waals surface area contributed by atoms with Crippen molar-refractivity contribution in [1.82, 2.24) is 0 Å². The van der Waals surface area contributed by atoms with Gasteiger partial charge < -0.3 is 10.2 Å². The van der Waals surface area contributed by atoms with Gasteiger partial charge >= 0.3 is 6.18 Å². The molecule has 5 heteroatoms. The van der Waals surface area contributed by atoms with E-state index in [2.05, 4.69) is 0 Å². The van der Waals surface area contributed by atoms with Gasteiger partial charge in [-0.2, -0.15) is 13.2 Å². The molecule has 1 aromatic carbocycles. The quantitative estimate of drug-likeness (QED) is 0.911. The Bertz CT molecular complexity index is 488. The summed E-state index contributed by atoms with van der Waals surface area (Å²) in [4.78, 5) is 0. The Hall–Kier alpha value is -1.75. The molecule has 0 aliphatic heterocycles. The number of alkyl halides is 3. The molecule has 1 heterocycles. The summed E-state index contributed by atoms with van der Waals surface area (Å²) in [5, 5.41) is 0. The molecule has 2 rings (SSSR count). The Morgan fingerprint density at radius 2 is 1.78 bits per heavy atom. The SMILES string of the molecule is NC(Cc1ccoc1)c1ccc(C(F)(F)F)cc1. The van der Waals surface area contributed by atoms with Crippen molar-refractivity contribution in [1.29, 1.82) is 0 Å². The average Bonchev–Trinajstić information content (AvgIpc) is 2.81. The summed E-state index contributed by atoms with van der Waals surface area (Å²) in [6.45, 7) is 0. The summed E-state index contributed by atoms with van der Waals surface area (Å²) in [5.74, 6) is 0. The first kappa shape index (κ1) is 12.7. The zero-order valence-corrected chi connectivity index (χ0v) is 9.45. The normalized spacial score (nSPS) is 13.6. The maximum atomic E-state index is 12.4. The smallest absolute Gasteiger partial charge is 0.416 e. The highest BCUT2D eigenvalue weighted by Gasteiger charge is 2.30. The molecule has 96 valence electrons. The van der Waals surface area contributed by atoms with Crippen LogP contribution < -0.4 is 5.73 Å². The lowest BCUT2D eigenvalue weighted by Gasteiger charge is -2.12. The van der Waals surface area contributed by atoms with Crippen molar-refractivity contribution in [3.05, 3.63) is 59.5 Å². The Labute approximate surface area is 102 Å². The van der Waals surface area contributed by atoms with Gasteiger partial charge in [-0.25, -0.2) is 0 Å². The third-order valence-corrected chi connectivity index (χ3v) is 2.70. The molecule has 0 saturated carbocycles. The van der Waals surface area contributed by atoms with Gasteiger partial charge in [-0.15, -0.1) is 0 Å². The predicted octanol–water partition coefficient (Wildman–Crippen LogP) is 3.54. The molecule has 2 aromatic rings. The summed E-state index contributed by atoms with van der Waals surface area (Å²) >= 11 is 0. The van der Waals surface area contributed by atoms with Crippen LogP contribution in [0.1, 0.15) is 22.7 Å². The first-order valence-electron chi connectivity index (χ1n) is 5.40. The minimum Gasteiger partial charge on any atom is -0.472 e. The van der Waals surface area contributed by atoms with Crippen LogP contribution in [0, 0.1) is 0 Å². The van der Waals surface area contributed by atoms with Crippen molar-refractivity contribution in [2.24, 2.45) is 5.73 Å². The molecule has 1 aromatic heterocycles. The molecule has 0 saturated heterocycles. The number of hydrogen-bond donors (Lipinski definition) is 1. The van der Waals surface area contributed by atoms with Gasteiger partial charge in [0, 0.05) is 6.04 Å². The average molecular weight is 255 g/mol. The zero-order valence-electron chi connectivity index (χ0n) is 9.45. The van der Waals surface area contributed by atoms with E-state index in [0.717, 1.165) is 17.7 Å². The van der Waals surface area contributed by atoms with Crippen molar-refractivity contribution in [3.63, 3.8) is 0 Å². The van der Waals surface area contributed by atoms with E-state index in [4.69, 9.17) is 10.2 Å². The van der Waals surface area contributed by atoms with Crippen LogP contribution in [-0.2, 0) is 12.6 Å². The summed E-state index contributed by atoms with van der Waals surface area (Å²) in [7, 11) is 0. The van der Waals surface area contributed by atoms with Gasteiger partial charge in [0.25, 0.3) is 0 Å². The highest BCUT2D eigenvalue weighted by atomic mass is 19.4. The monoisotopic (exact) mass is 255 g/mol. The molecule has 0 aliphatic rings. The van der Waals surface area contributed by atoms with Crippen LogP contribution >= 0.6 is 0 Å².